The highest BCUT2D eigenvalue weighted by molar-refractivity contribution is 5.61. The minimum atomic E-state index is -0.00537. The molecule has 1 saturated carbocycles. The van der Waals surface area contributed by atoms with Crippen molar-refractivity contribution in [3.63, 3.8) is 0 Å². The van der Waals surface area contributed by atoms with E-state index in [9.17, 15) is 4.79 Å². The first kappa shape index (κ1) is 10.9. The molecule has 0 aromatic rings. The molecule has 3 atom stereocenters. The molecule has 0 N–H and O–H groups in total. The Morgan fingerprint density at radius 1 is 1.33 bits per heavy atom. The van der Waals surface area contributed by atoms with Crippen molar-refractivity contribution >= 4 is 6.29 Å². The summed E-state index contributed by atoms with van der Waals surface area (Å²) in [4.78, 5) is 11.5. The number of allylic oxidation sites excluding steroid dienone is 2. The quantitative estimate of drug-likeness (QED) is 0.497. The van der Waals surface area contributed by atoms with Crippen molar-refractivity contribution in [2.45, 2.75) is 51.9 Å². The maximum atomic E-state index is 11.5. The lowest BCUT2D eigenvalue weighted by Gasteiger charge is -2.41. The summed E-state index contributed by atoms with van der Waals surface area (Å²) in [6.07, 6.45) is 14.4. The second-order valence-electron chi connectivity index (χ2n) is 5.52. The Hall–Kier alpha value is -0.590. The van der Waals surface area contributed by atoms with Crippen molar-refractivity contribution in [3.05, 3.63) is 12.2 Å². The molecule has 1 nitrogen and oxygen atoms in total. The number of carbonyl (C=O) groups excluding carboxylic acids is 1. The van der Waals surface area contributed by atoms with Crippen molar-refractivity contribution in [2.75, 3.05) is 0 Å². The summed E-state index contributed by atoms with van der Waals surface area (Å²) in [6.45, 7) is 2.30. The molecule has 0 aromatic heterocycles. The van der Waals surface area contributed by atoms with Gasteiger partial charge in [-0.1, -0.05) is 31.9 Å². The predicted molar refractivity (Wildman–Crippen MR) is 62.6 cm³/mol. The van der Waals surface area contributed by atoms with Gasteiger partial charge in [-0.25, -0.2) is 0 Å². The third-order valence-electron chi connectivity index (χ3n) is 4.30. The zero-order valence-corrected chi connectivity index (χ0v) is 9.74. The molecular formula is C14H22O. The predicted octanol–water partition coefficient (Wildman–Crippen LogP) is 3.74. The number of hydrogen-bond acceptors (Lipinski definition) is 1. The van der Waals surface area contributed by atoms with Crippen LogP contribution in [0.15, 0.2) is 12.2 Å². The van der Waals surface area contributed by atoms with Crippen LogP contribution in [0.3, 0.4) is 0 Å². The Morgan fingerprint density at radius 2 is 2.20 bits per heavy atom. The monoisotopic (exact) mass is 206 g/mol. The van der Waals surface area contributed by atoms with Gasteiger partial charge < -0.3 is 4.79 Å². The Bertz CT molecular complexity index is 256. The topological polar surface area (TPSA) is 17.1 Å². The molecule has 1 heteroatoms. The van der Waals surface area contributed by atoms with Crippen LogP contribution in [0.5, 0.6) is 0 Å². The average molecular weight is 206 g/mol. The molecule has 0 aliphatic heterocycles. The van der Waals surface area contributed by atoms with Crippen molar-refractivity contribution in [3.8, 4) is 0 Å². The first-order valence-corrected chi connectivity index (χ1v) is 6.40. The standard InChI is InChI=1S/C14H22O/c1-12-6-5-9-14(10-12,11-15)13-7-3-2-4-8-13/h3,7,11-13H,2,4-6,8-10H2,1H3. The largest absolute Gasteiger partial charge is 0.303 e. The highest BCUT2D eigenvalue weighted by Gasteiger charge is 2.40. The third kappa shape index (κ3) is 2.16. The van der Waals surface area contributed by atoms with Crippen molar-refractivity contribution in [2.24, 2.45) is 17.3 Å². The van der Waals surface area contributed by atoms with Gasteiger partial charge in [-0.15, -0.1) is 0 Å². The van der Waals surface area contributed by atoms with Crippen LogP contribution in [-0.2, 0) is 4.79 Å². The van der Waals surface area contributed by atoms with Crippen molar-refractivity contribution in [1.82, 2.24) is 0 Å². The van der Waals surface area contributed by atoms with Crippen LogP contribution in [0.4, 0.5) is 0 Å². The van der Waals surface area contributed by atoms with Crippen LogP contribution in [-0.4, -0.2) is 6.29 Å². The minimum absolute atomic E-state index is 0.00537. The second kappa shape index (κ2) is 4.51. The van der Waals surface area contributed by atoms with Crippen LogP contribution in [0.1, 0.15) is 51.9 Å². The number of aldehydes is 1. The average Bonchev–Trinajstić information content (AvgIpc) is 2.30. The second-order valence-corrected chi connectivity index (χ2v) is 5.52. The fraction of sp³-hybridized carbons (Fsp3) is 0.786. The van der Waals surface area contributed by atoms with Crippen LogP contribution in [0.2, 0.25) is 0 Å². The van der Waals surface area contributed by atoms with E-state index < -0.39 is 0 Å². The van der Waals surface area contributed by atoms with Gasteiger partial charge in [-0.3, -0.25) is 0 Å². The Balaban J connectivity index is 2.15. The molecule has 0 heterocycles. The van der Waals surface area contributed by atoms with Crippen molar-refractivity contribution in [1.29, 1.82) is 0 Å². The van der Waals surface area contributed by atoms with Gasteiger partial charge in [0.25, 0.3) is 0 Å². The molecule has 0 spiro atoms. The highest BCUT2D eigenvalue weighted by Crippen LogP contribution is 2.46. The number of hydrogen-bond donors (Lipinski definition) is 0. The molecular weight excluding hydrogens is 184 g/mol. The van der Waals surface area contributed by atoms with Gasteiger partial charge in [0.2, 0.25) is 0 Å². The SMILES string of the molecule is CC1CCCC(C=O)(C2C=CCCC2)C1. The van der Waals surface area contributed by atoms with Gasteiger partial charge in [-0.05, 0) is 43.9 Å². The first-order valence-electron chi connectivity index (χ1n) is 6.40. The Labute approximate surface area is 92.9 Å². The lowest BCUT2D eigenvalue weighted by atomic mass is 9.62. The van der Waals surface area contributed by atoms with E-state index >= 15 is 0 Å². The van der Waals surface area contributed by atoms with Crippen LogP contribution < -0.4 is 0 Å². The van der Waals surface area contributed by atoms with E-state index in [1.54, 1.807) is 0 Å². The van der Waals surface area contributed by atoms with Gasteiger partial charge in [0.05, 0.1) is 0 Å². The van der Waals surface area contributed by atoms with Gasteiger partial charge in [0.15, 0.2) is 0 Å². The molecule has 0 aromatic carbocycles. The summed E-state index contributed by atoms with van der Waals surface area (Å²) in [5.41, 5.74) is -0.00537. The molecule has 3 unspecified atom stereocenters. The van der Waals surface area contributed by atoms with E-state index in [2.05, 4.69) is 19.1 Å². The fourth-order valence-electron chi connectivity index (χ4n) is 3.46. The first-order chi connectivity index (χ1) is 7.27. The van der Waals surface area contributed by atoms with E-state index in [4.69, 9.17) is 0 Å². The summed E-state index contributed by atoms with van der Waals surface area (Å²) in [5.74, 6) is 1.27. The van der Waals surface area contributed by atoms with Crippen LogP contribution in [0.25, 0.3) is 0 Å². The van der Waals surface area contributed by atoms with Gasteiger partial charge in [0, 0.05) is 5.41 Å². The molecule has 2 aliphatic rings. The van der Waals surface area contributed by atoms with E-state index in [-0.39, 0.29) is 5.41 Å². The molecule has 84 valence electrons. The van der Waals surface area contributed by atoms with E-state index in [1.165, 1.54) is 38.4 Å². The Morgan fingerprint density at radius 3 is 2.80 bits per heavy atom. The molecule has 0 saturated heterocycles. The molecule has 0 bridgehead atoms. The van der Waals surface area contributed by atoms with Gasteiger partial charge >= 0.3 is 0 Å². The number of carbonyl (C=O) groups is 1. The maximum Gasteiger partial charge on any atom is 0.126 e. The zero-order valence-electron chi connectivity index (χ0n) is 9.74. The van der Waals surface area contributed by atoms with Crippen molar-refractivity contribution < 1.29 is 4.79 Å². The van der Waals surface area contributed by atoms with Crippen LogP contribution >= 0.6 is 0 Å². The highest BCUT2D eigenvalue weighted by atomic mass is 16.1. The lowest BCUT2D eigenvalue weighted by molar-refractivity contribution is -0.121. The minimum Gasteiger partial charge on any atom is -0.303 e. The van der Waals surface area contributed by atoms with E-state index in [1.807, 2.05) is 0 Å². The van der Waals surface area contributed by atoms with Gasteiger partial charge in [-0.2, -0.15) is 0 Å². The number of rotatable bonds is 2. The lowest BCUT2D eigenvalue weighted by Crippen LogP contribution is -2.36. The molecule has 0 amide bonds. The van der Waals surface area contributed by atoms with Crippen LogP contribution in [0, 0.1) is 17.3 Å². The van der Waals surface area contributed by atoms with E-state index in [0.29, 0.717) is 5.92 Å². The fourth-order valence-corrected chi connectivity index (χ4v) is 3.46. The summed E-state index contributed by atoms with van der Waals surface area (Å²) in [7, 11) is 0. The zero-order chi connectivity index (χ0) is 10.7. The Kier molecular flexibility index (Phi) is 3.28. The summed E-state index contributed by atoms with van der Waals surface area (Å²) < 4.78 is 0. The molecule has 15 heavy (non-hydrogen) atoms. The van der Waals surface area contributed by atoms with E-state index in [0.717, 1.165) is 18.8 Å². The summed E-state index contributed by atoms with van der Waals surface area (Å²) in [6, 6.07) is 0. The molecule has 2 aliphatic carbocycles. The third-order valence-corrected chi connectivity index (χ3v) is 4.30. The summed E-state index contributed by atoms with van der Waals surface area (Å²) >= 11 is 0. The van der Waals surface area contributed by atoms with Gasteiger partial charge in [0.1, 0.15) is 6.29 Å². The molecule has 2 rings (SSSR count). The normalized spacial score (nSPS) is 41.4. The maximum absolute atomic E-state index is 11.5. The molecule has 1 fully saturated rings. The smallest absolute Gasteiger partial charge is 0.126 e. The molecule has 0 radical (unpaired) electrons. The summed E-state index contributed by atoms with van der Waals surface area (Å²) in [5, 5.41) is 0.